The molecular formula is C15H15N5O. The minimum Gasteiger partial charge on any atom is -0.382 e. The third kappa shape index (κ3) is 2.69. The van der Waals surface area contributed by atoms with E-state index >= 15 is 0 Å². The van der Waals surface area contributed by atoms with Gasteiger partial charge in [-0.2, -0.15) is 0 Å². The maximum absolute atomic E-state index is 12.0. The van der Waals surface area contributed by atoms with Crippen LogP contribution in [-0.2, 0) is 6.42 Å². The summed E-state index contributed by atoms with van der Waals surface area (Å²) in [5.41, 5.74) is 8.05. The molecular weight excluding hydrogens is 266 g/mol. The van der Waals surface area contributed by atoms with Gasteiger partial charge in [-0.25, -0.2) is 9.97 Å². The topological polar surface area (TPSA) is 96.7 Å². The van der Waals surface area contributed by atoms with E-state index in [1.54, 1.807) is 0 Å². The fraction of sp³-hybridized carbons (Fsp3) is 0.133. The van der Waals surface area contributed by atoms with Crippen molar-refractivity contribution in [1.82, 2.24) is 20.3 Å². The van der Waals surface area contributed by atoms with Gasteiger partial charge in [-0.15, -0.1) is 0 Å². The lowest BCUT2D eigenvalue weighted by Gasteiger charge is -2.05. The van der Waals surface area contributed by atoms with Gasteiger partial charge in [-0.3, -0.25) is 4.79 Å². The van der Waals surface area contributed by atoms with Gasteiger partial charge in [-0.1, -0.05) is 18.2 Å². The molecule has 1 aromatic carbocycles. The van der Waals surface area contributed by atoms with Gasteiger partial charge in [-0.05, 0) is 18.1 Å². The first-order valence-electron chi connectivity index (χ1n) is 6.65. The summed E-state index contributed by atoms with van der Waals surface area (Å²) < 4.78 is 0. The number of nitrogens with two attached hydrogens (primary N) is 1. The fourth-order valence-corrected chi connectivity index (χ4v) is 2.26. The van der Waals surface area contributed by atoms with Crippen molar-refractivity contribution in [2.45, 2.75) is 6.42 Å². The molecule has 0 saturated heterocycles. The molecule has 3 aromatic rings. The molecule has 2 heterocycles. The van der Waals surface area contributed by atoms with Crippen LogP contribution >= 0.6 is 0 Å². The number of hydrogen-bond acceptors (Lipinski definition) is 4. The van der Waals surface area contributed by atoms with Gasteiger partial charge >= 0.3 is 0 Å². The van der Waals surface area contributed by atoms with Crippen LogP contribution < -0.4 is 11.1 Å². The number of rotatable bonds is 4. The number of para-hydroxylation sites is 1. The first-order chi connectivity index (χ1) is 10.3. The summed E-state index contributed by atoms with van der Waals surface area (Å²) >= 11 is 0. The lowest BCUT2D eigenvalue weighted by molar-refractivity contribution is 0.0950. The molecule has 4 N–H and O–H groups in total. The van der Waals surface area contributed by atoms with Gasteiger partial charge in [0.1, 0.15) is 0 Å². The predicted octanol–water partition coefficient (Wildman–Crippen LogP) is 1.51. The lowest BCUT2D eigenvalue weighted by Crippen LogP contribution is -2.27. The summed E-state index contributed by atoms with van der Waals surface area (Å²) in [5.74, 6) is -0.164. The van der Waals surface area contributed by atoms with Crippen LogP contribution in [0.4, 0.5) is 5.82 Å². The molecule has 6 heteroatoms. The van der Waals surface area contributed by atoms with Crippen LogP contribution in [0.3, 0.4) is 0 Å². The normalized spacial score (nSPS) is 10.7. The van der Waals surface area contributed by atoms with Gasteiger partial charge in [0, 0.05) is 36.0 Å². The zero-order valence-electron chi connectivity index (χ0n) is 11.3. The first-order valence-corrected chi connectivity index (χ1v) is 6.65. The van der Waals surface area contributed by atoms with Crippen LogP contribution in [0, 0.1) is 0 Å². The number of H-pyrrole nitrogens is 1. The highest BCUT2D eigenvalue weighted by molar-refractivity contribution is 5.96. The highest BCUT2D eigenvalue weighted by Gasteiger charge is 2.11. The molecule has 0 fully saturated rings. The van der Waals surface area contributed by atoms with Gasteiger partial charge in [0.25, 0.3) is 5.91 Å². The van der Waals surface area contributed by atoms with Crippen molar-refractivity contribution in [2.75, 3.05) is 12.3 Å². The van der Waals surface area contributed by atoms with Crippen molar-refractivity contribution >= 4 is 22.6 Å². The number of aromatic nitrogens is 3. The first kappa shape index (κ1) is 13.1. The Labute approximate surface area is 121 Å². The third-order valence-electron chi connectivity index (χ3n) is 3.30. The number of nitrogen functional groups attached to an aromatic ring is 1. The Morgan fingerprint density at radius 1 is 1.24 bits per heavy atom. The molecule has 0 unspecified atom stereocenters. The number of carbonyl (C=O) groups is 1. The third-order valence-corrected chi connectivity index (χ3v) is 3.30. The van der Waals surface area contributed by atoms with E-state index in [0.29, 0.717) is 6.54 Å². The van der Waals surface area contributed by atoms with Crippen LogP contribution in [0.25, 0.3) is 10.9 Å². The Hall–Kier alpha value is -2.89. The summed E-state index contributed by atoms with van der Waals surface area (Å²) in [4.78, 5) is 23.0. The summed E-state index contributed by atoms with van der Waals surface area (Å²) in [5, 5.41) is 3.98. The fourth-order valence-electron chi connectivity index (χ4n) is 2.26. The molecule has 2 aromatic heterocycles. The number of fused-ring (bicyclic) bond motifs is 1. The number of benzene rings is 1. The molecule has 21 heavy (non-hydrogen) atoms. The van der Waals surface area contributed by atoms with E-state index in [2.05, 4.69) is 26.3 Å². The van der Waals surface area contributed by atoms with Crippen molar-refractivity contribution in [3.8, 4) is 0 Å². The predicted molar refractivity (Wildman–Crippen MR) is 80.8 cm³/mol. The minimum absolute atomic E-state index is 0.141. The van der Waals surface area contributed by atoms with Gasteiger partial charge in [0.05, 0.1) is 0 Å². The number of carbonyl (C=O) groups excluding carboxylic acids is 1. The Morgan fingerprint density at radius 3 is 2.90 bits per heavy atom. The highest BCUT2D eigenvalue weighted by atomic mass is 16.1. The molecule has 0 radical (unpaired) electrons. The highest BCUT2D eigenvalue weighted by Crippen LogP contribution is 2.17. The molecule has 0 spiro atoms. The summed E-state index contributed by atoms with van der Waals surface area (Å²) in [6.07, 6.45) is 5.60. The zero-order valence-corrected chi connectivity index (χ0v) is 11.3. The van der Waals surface area contributed by atoms with Crippen molar-refractivity contribution in [3.63, 3.8) is 0 Å². The van der Waals surface area contributed by atoms with Crippen molar-refractivity contribution < 1.29 is 4.79 Å². The molecule has 6 nitrogen and oxygen atoms in total. The minimum atomic E-state index is -0.305. The number of nitrogens with zero attached hydrogens (tertiary/aromatic N) is 2. The monoisotopic (exact) mass is 281 g/mol. The van der Waals surface area contributed by atoms with Crippen LogP contribution in [-0.4, -0.2) is 27.4 Å². The Morgan fingerprint density at radius 2 is 2.05 bits per heavy atom. The van der Waals surface area contributed by atoms with Crippen LogP contribution in [0.2, 0.25) is 0 Å². The molecule has 0 bridgehead atoms. The molecule has 1 amide bonds. The number of hydrogen-bond donors (Lipinski definition) is 3. The second-order valence-electron chi connectivity index (χ2n) is 4.66. The second-order valence-corrected chi connectivity index (χ2v) is 4.66. The van der Waals surface area contributed by atoms with Crippen LogP contribution in [0.5, 0.6) is 0 Å². The van der Waals surface area contributed by atoms with E-state index in [4.69, 9.17) is 5.73 Å². The van der Waals surface area contributed by atoms with Gasteiger partial charge < -0.3 is 16.0 Å². The standard InChI is InChI=1S/C15H15N5O/c16-14-13(17-7-8-18-14)15(21)19-6-5-10-9-20-12-4-2-1-3-11(10)12/h1-4,7-9,20H,5-6H2,(H2,16,18)(H,19,21). The van der Waals surface area contributed by atoms with E-state index < -0.39 is 0 Å². The molecule has 3 rings (SSSR count). The Kier molecular flexibility index (Phi) is 3.51. The average Bonchev–Trinajstić information content (AvgIpc) is 2.91. The van der Waals surface area contributed by atoms with E-state index in [9.17, 15) is 4.79 Å². The Bertz CT molecular complexity index is 780. The number of anilines is 1. The maximum atomic E-state index is 12.0. The lowest BCUT2D eigenvalue weighted by atomic mass is 10.1. The molecule has 0 atom stereocenters. The quantitative estimate of drug-likeness (QED) is 0.675. The van der Waals surface area contributed by atoms with E-state index in [1.165, 1.54) is 17.8 Å². The number of nitrogens with one attached hydrogen (secondary N) is 2. The molecule has 0 aliphatic rings. The largest absolute Gasteiger partial charge is 0.382 e. The van der Waals surface area contributed by atoms with E-state index in [0.717, 1.165) is 17.5 Å². The summed E-state index contributed by atoms with van der Waals surface area (Å²) in [6.45, 7) is 0.511. The average molecular weight is 281 g/mol. The SMILES string of the molecule is Nc1nccnc1C(=O)NCCc1c[nH]c2ccccc12. The van der Waals surface area contributed by atoms with Crippen molar-refractivity contribution in [2.24, 2.45) is 0 Å². The summed E-state index contributed by atoms with van der Waals surface area (Å²) in [7, 11) is 0. The van der Waals surface area contributed by atoms with Gasteiger partial charge in [0.15, 0.2) is 11.5 Å². The molecule has 106 valence electrons. The second kappa shape index (κ2) is 5.62. The van der Waals surface area contributed by atoms with E-state index in [-0.39, 0.29) is 17.4 Å². The maximum Gasteiger partial charge on any atom is 0.273 e. The smallest absolute Gasteiger partial charge is 0.273 e. The molecule has 0 aliphatic heterocycles. The van der Waals surface area contributed by atoms with Gasteiger partial charge in [0.2, 0.25) is 0 Å². The Balaban J connectivity index is 1.64. The van der Waals surface area contributed by atoms with E-state index in [1.807, 2.05) is 24.4 Å². The number of aromatic amines is 1. The number of amides is 1. The van der Waals surface area contributed by atoms with Crippen molar-refractivity contribution in [1.29, 1.82) is 0 Å². The molecule has 0 aliphatic carbocycles. The summed E-state index contributed by atoms with van der Waals surface area (Å²) in [6, 6.07) is 8.07. The van der Waals surface area contributed by atoms with Crippen LogP contribution in [0.1, 0.15) is 16.1 Å². The van der Waals surface area contributed by atoms with Crippen LogP contribution in [0.15, 0.2) is 42.9 Å². The molecule has 0 saturated carbocycles. The zero-order chi connectivity index (χ0) is 14.7. The van der Waals surface area contributed by atoms with Crippen molar-refractivity contribution in [3.05, 3.63) is 54.1 Å².